The van der Waals surface area contributed by atoms with Gasteiger partial charge in [0, 0.05) is 16.1 Å². The predicted octanol–water partition coefficient (Wildman–Crippen LogP) is 3.64. The van der Waals surface area contributed by atoms with Crippen molar-refractivity contribution in [1.29, 1.82) is 0 Å². The van der Waals surface area contributed by atoms with Gasteiger partial charge in [-0.2, -0.15) is 11.8 Å². The van der Waals surface area contributed by atoms with Gasteiger partial charge in [-0.25, -0.2) is 0 Å². The van der Waals surface area contributed by atoms with E-state index in [2.05, 4.69) is 22.0 Å². The Morgan fingerprint density at radius 1 is 1.38 bits per heavy atom. The van der Waals surface area contributed by atoms with Gasteiger partial charge >= 0.3 is 0 Å². The zero-order chi connectivity index (χ0) is 11.4. The largest absolute Gasteiger partial charge is 0.392 e. The maximum Gasteiger partial charge on any atom is 0.0699 e. The molecule has 3 heteroatoms. The summed E-state index contributed by atoms with van der Waals surface area (Å²) >= 11 is 5.46. The molecule has 0 amide bonds. The van der Waals surface area contributed by atoms with Crippen molar-refractivity contribution in [2.75, 3.05) is 5.75 Å². The minimum absolute atomic E-state index is 0.205. The van der Waals surface area contributed by atoms with Gasteiger partial charge in [0.2, 0.25) is 0 Å². The van der Waals surface area contributed by atoms with Gasteiger partial charge in [-0.1, -0.05) is 40.5 Å². The van der Waals surface area contributed by atoms with Gasteiger partial charge in [0.1, 0.15) is 0 Å². The van der Waals surface area contributed by atoms with E-state index >= 15 is 0 Å². The molecular formula is C13H17BrOS. The van der Waals surface area contributed by atoms with E-state index in [-0.39, 0.29) is 6.10 Å². The number of rotatable bonds is 3. The van der Waals surface area contributed by atoms with Crippen LogP contribution >= 0.6 is 27.7 Å². The fraction of sp³-hybridized carbons (Fsp3) is 0.538. The molecule has 0 spiro atoms. The molecule has 16 heavy (non-hydrogen) atoms. The summed E-state index contributed by atoms with van der Waals surface area (Å²) < 4.78 is 1.11. The normalized spacial score (nSPS) is 23.0. The molecule has 0 aromatic heterocycles. The van der Waals surface area contributed by atoms with E-state index in [9.17, 15) is 5.11 Å². The molecule has 1 nitrogen and oxygen atoms in total. The van der Waals surface area contributed by atoms with Crippen LogP contribution in [0.3, 0.4) is 0 Å². The summed E-state index contributed by atoms with van der Waals surface area (Å²) in [6, 6.07) is 8.16. The molecule has 1 aromatic rings. The Balaban J connectivity index is 1.96. The van der Waals surface area contributed by atoms with Gasteiger partial charge in [-0.05, 0) is 30.2 Å². The third-order valence-corrected chi connectivity index (χ3v) is 5.31. The molecule has 0 aliphatic carbocycles. The van der Waals surface area contributed by atoms with E-state index in [0.717, 1.165) is 17.3 Å². The molecule has 1 aromatic carbocycles. The zero-order valence-electron chi connectivity index (χ0n) is 9.23. The third-order valence-electron chi connectivity index (χ3n) is 3.03. The number of halogens is 1. The van der Waals surface area contributed by atoms with Crippen molar-refractivity contribution in [3.63, 3.8) is 0 Å². The standard InChI is InChI=1S/C13H17BrOS/c14-11-6-2-1-5-10(11)9-12(15)13-7-3-4-8-16-13/h1-2,5-6,12-13,15H,3-4,7-9H2. The Kier molecular flexibility index (Phi) is 4.74. The monoisotopic (exact) mass is 300 g/mol. The average molecular weight is 301 g/mol. The molecule has 1 saturated heterocycles. The van der Waals surface area contributed by atoms with E-state index < -0.39 is 0 Å². The fourth-order valence-electron chi connectivity index (χ4n) is 2.09. The predicted molar refractivity (Wildman–Crippen MR) is 73.9 cm³/mol. The number of thioether (sulfide) groups is 1. The van der Waals surface area contributed by atoms with Crippen molar-refractivity contribution in [3.05, 3.63) is 34.3 Å². The first-order valence-corrected chi connectivity index (χ1v) is 7.64. The van der Waals surface area contributed by atoms with Crippen LogP contribution in [0.25, 0.3) is 0 Å². The number of benzene rings is 1. The second kappa shape index (κ2) is 6.08. The van der Waals surface area contributed by atoms with Crippen molar-refractivity contribution in [1.82, 2.24) is 0 Å². The summed E-state index contributed by atoms with van der Waals surface area (Å²) in [5.74, 6) is 1.21. The molecule has 2 atom stereocenters. The number of hydrogen-bond acceptors (Lipinski definition) is 2. The van der Waals surface area contributed by atoms with E-state index in [1.807, 2.05) is 30.0 Å². The molecule has 0 bridgehead atoms. The van der Waals surface area contributed by atoms with Crippen molar-refractivity contribution >= 4 is 27.7 Å². The summed E-state index contributed by atoms with van der Waals surface area (Å²) in [7, 11) is 0. The molecule has 1 heterocycles. The first-order chi connectivity index (χ1) is 7.77. The smallest absolute Gasteiger partial charge is 0.0699 e. The van der Waals surface area contributed by atoms with Crippen LogP contribution in [0.1, 0.15) is 24.8 Å². The van der Waals surface area contributed by atoms with Crippen molar-refractivity contribution in [3.8, 4) is 0 Å². The van der Waals surface area contributed by atoms with Gasteiger partial charge in [0.25, 0.3) is 0 Å². The zero-order valence-corrected chi connectivity index (χ0v) is 11.6. The third kappa shape index (κ3) is 3.25. The van der Waals surface area contributed by atoms with Crippen LogP contribution in [0.15, 0.2) is 28.7 Å². The van der Waals surface area contributed by atoms with Crippen LogP contribution < -0.4 is 0 Å². The first kappa shape index (κ1) is 12.5. The topological polar surface area (TPSA) is 20.2 Å². The molecule has 2 unspecified atom stereocenters. The second-order valence-corrected chi connectivity index (χ2v) is 6.47. The van der Waals surface area contributed by atoms with Gasteiger partial charge < -0.3 is 5.11 Å². The summed E-state index contributed by atoms with van der Waals surface area (Å²) in [6.07, 6.45) is 4.30. The van der Waals surface area contributed by atoms with Crippen LogP contribution in [0, 0.1) is 0 Å². The van der Waals surface area contributed by atoms with Crippen LogP contribution in [0.2, 0.25) is 0 Å². The van der Waals surface area contributed by atoms with E-state index in [0.29, 0.717) is 5.25 Å². The van der Waals surface area contributed by atoms with Crippen molar-refractivity contribution in [2.24, 2.45) is 0 Å². The molecule has 2 rings (SSSR count). The first-order valence-electron chi connectivity index (χ1n) is 5.80. The maximum absolute atomic E-state index is 10.2. The fourth-order valence-corrected chi connectivity index (χ4v) is 3.86. The lowest BCUT2D eigenvalue weighted by Crippen LogP contribution is -2.27. The van der Waals surface area contributed by atoms with E-state index in [4.69, 9.17) is 0 Å². The molecule has 1 fully saturated rings. The van der Waals surface area contributed by atoms with E-state index in [1.54, 1.807) is 0 Å². The maximum atomic E-state index is 10.2. The quantitative estimate of drug-likeness (QED) is 0.920. The lowest BCUT2D eigenvalue weighted by atomic mass is 10.0. The molecule has 0 saturated carbocycles. The van der Waals surface area contributed by atoms with E-state index in [1.165, 1.54) is 24.2 Å². The SMILES string of the molecule is OC(Cc1ccccc1Br)C1CCCCS1. The number of aliphatic hydroxyl groups is 1. The molecule has 1 aliphatic heterocycles. The van der Waals surface area contributed by atoms with Crippen LogP contribution in [-0.2, 0) is 6.42 Å². The lowest BCUT2D eigenvalue weighted by Gasteiger charge is -2.26. The van der Waals surface area contributed by atoms with Crippen molar-refractivity contribution in [2.45, 2.75) is 37.0 Å². The molecular weight excluding hydrogens is 284 g/mol. The van der Waals surface area contributed by atoms with Crippen molar-refractivity contribution < 1.29 is 5.11 Å². The molecule has 1 aliphatic rings. The molecule has 0 radical (unpaired) electrons. The Hall–Kier alpha value is 0.01000. The average Bonchev–Trinajstić information content (AvgIpc) is 2.33. The summed E-state index contributed by atoms with van der Waals surface area (Å²) in [4.78, 5) is 0. The molecule has 1 N–H and O–H groups in total. The highest BCUT2D eigenvalue weighted by molar-refractivity contribution is 9.10. The van der Waals surface area contributed by atoms with Crippen LogP contribution in [0.4, 0.5) is 0 Å². The van der Waals surface area contributed by atoms with Crippen LogP contribution in [-0.4, -0.2) is 22.2 Å². The number of aliphatic hydroxyl groups excluding tert-OH is 1. The Bertz CT molecular complexity index is 336. The highest BCUT2D eigenvalue weighted by atomic mass is 79.9. The highest BCUT2D eigenvalue weighted by Crippen LogP contribution is 2.29. The summed E-state index contributed by atoms with van der Waals surface area (Å²) in [5.41, 5.74) is 1.21. The Labute approximate surface area is 110 Å². The van der Waals surface area contributed by atoms with Crippen LogP contribution in [0.5, 0.6) is 0 Å². The lowest BCUT2D eigenvalue weighted by molar-refractivity contribution is 0.166. The minimum atomic E-state index is -0.205. The Morgan fingerprint density at radius 3 is 2.88 bits per heavy atom. The summed E-state index contributed by atoms with van der Waals surface area (Å²) in [5, 5.41) is 10.6. The number of hydrogen-bond donors (Lipinski definition) is 1. The highest BCUT2D eigenvalue weighted by Gasteiger charge is 2.22. The Morgan fingerprint density at radius 2 is 2.19 bits per heavy atom. The molecule has 88 valence electrons. The van der Waals surface area contributed by atoms with Gasteiger partial charge in [0.15, 0.2) is 0 Å². The van der Waals surface area contributed by atoms with Gasteiger partial charge in [0.05, 0.1) is 6.10 Å². The summed E-state index contributed by atoms with van der Waals surface area (Å²) in [6.45, 7) is 0. The van der Waals surface area contributed by atoms with Gasteiger partial charge in [-0.15, -0.1) is 0 Å². The van der Waals surface area contributed by atoms with Gasteiger partial charge in [-0.3, -0.25) is 0 Å². The second-order valence-electron chi connectivity index (χ2n) is 4.27. The minimum Gasteiger partial charge on any atom is -0.392 e.